The number of carbonyl (C=O) groups excluding carboxylic acids is 3. The maximum Gasteiger partial charge on any atom is 0.333 e. The number of urea groups is 1. The topological polar surface area (TPSA) is 57.7 Å². The van der Waals surface area contributed by atoms with Gasteiger partial charge in [-0.3, -0.25) is 19.4 Å². The molecule has 7 heteroatoms. The van der Waals surface area contributed by atoms with Crippen molar-refractivity contribution < 1.29 is 23.2 Å². The van der Waals surface area contributed by atoms with Crippen LogP contribution in [0.3, 0.4) is 0 Å². The molecule has 140 valence electrons. The van der Waals surface area contributed by atoms with Crippen molar-refractivity contribution >= 4 is 17.8 Å². The first kappa shape index (κ1) is 18.7. The zero-order chi connectivity index (χ0) is 19.4. The second kappa shape index (κ2) is 8.07. The van der Waals surface area contributed by atoms with Gasteiger partial charge in [0.2, 0.25) is 11.8 Å². The molecule has 1 aliphatic heterocycles. The van der Waals surface area contributed by atoms with E-state index in [1.165, 1.54) is 24.3 Å². The lowest BCUT2D eigenvalue weighted by molar-refractivity contribution is -0.142. The summed E-state index contributed by atoms with van der Waals surface area (Å²) in [6, 6.07) is 11.1. The van der Waals surface area contributed by atoms with Gasteiger partial charge < -0.3 is 0 Å². The molecule has 2 aromatic rings. The molecular weight excluding hydrogens is 354 g/mol. The predicted octanol–water partition coefficient (Wildman–Crippen LogP) is 2.93. The van der Waals surface area contributed by atoms with Gasteiger partial charge in [-0.05, 0) is 48.2 Å². The molecule has 0 radical (unpaired) electrons. The van der Waals surface area contributed by atoms with Crippen LogP contribution < -0.4 is 0 Å². The van der Waals surface area contributed by atoms with E-state index in [9.17, 15) is 23.2 Å². The summed E-state index contributed by atoms with van der Waals surface area (Å²) in [6.07, 6.45) is 0.195. The number of barbiturate groups is 1. The van der Waals surface area contributed by atoms with Gasteiger partial charge in [0.15, 0.2) is 0 Å². The van der Waals surface area contributed by atoms with E-state index in [0.717, 1.165) is 9.80 Å². The largest absolute Gasteiger partial charge is 0.333 e. The van der Waals surface area contributed by atoms with Gasteiger partial charge in [0.05, 0.1) is 0 Å². The van der Waals surface area contributed by atoms with E-state index in [0.29, 0.717) is 24.0 Å². The monoisotopic (exact) mass is 372 g/mol. The zero-order valence-electron chi connectivity index (χ0n) is 14.5. The molecule has 27 heavy (non-hydrogen) atoms. The van der Waals surface area contributed by atoms with E-state index < -0.39 is 35.9 Å². The second-order valence-corrected chi connectivity index (χ2v) is 6.31. The first-order chi connectivity index (χ1) is 12.9. The summed E-state index contributed by atoms with van der Waals surface area (Å²) < 4.78 is 26.5. The van der Waals surface area contributed by atoms with E-state index >= 15 is 0 Å². The number of hydrogen-bond acceptors (Lipinski definition) is 3. The number of hydrogen-bond donors (Lipinski definition) is 0. The van der Waals surface area contributed by atoms with Gasteiger partial charge in [-0.25, -0.2) is 13.6 Å². The van der Waals surface area contributed by atoms with Crippen molar-refractivity contribution in [1.82, 2.24) is 9.80 Å². The van der Waals surface area contributed by atoms with E-state index in [-0.39, 0.29) is 13.1 Å². The molecule has 1 heterocycles. The first-order valence-corrected chi connectivity index (χ1v) is 8.57. The lowest BCUT2D eigenvalue weighted by atomic mass is 10.1. The highest BCUT2D eigenvalue weighted by Crippen LogP contribution is 2.15. The van der Waals surface area contributed by atoms with Gasteiger partial charge in [0.25, 0.3) is 0 Å². The smallest absolute Gasteiger partial charge is 0.274 e. The Balaban J connectivity index is 1.65. The highest BCUT2D eigenvalue weighted by atomic mass is 19.1. The minimum atomic E-state index is -0.691. The molecule has 0 unspecified atom stereocenters. The Hall–Kier alpha value is -3.09. The normalized spacial score (nSPS) is 14.8. The Morgan fingerprint density at radius 2 is 1.19 bits per heavy atom. The van der Waals surface area contributed by atoms with Crippen molar-refractivity contribution in [3.8, 4) is 0 Å². The summed E-state index contributed by atoms with van der Waals surface area (Å²) in [5.74, 6) is -1.92. The number of amides is 4. The van der Waals surface area contributed by atoms with Crippen molar-refractivity contribution in [1.29, 1.82) is 0 Å². The number of nitrogens with zero attached hydrogens (tertiary/aromatic N) is 2. The molecule has 0 aromatic heterocycles. The summed E-state index contributed by atoms with van der Waals surface area (Å²) in [5, 5.41) is 0. The third-order valence-electron chi connectivity index (χ3n) is 4.39. The summed E-state index contributed by atoms with van der Waals surface area (Å²) in [5.41, 5.74) is 1.30. The van der Waals surface area contributed by atoms with Crippen molar-refractivity contribution in [3.63, 3.8) is 0 Å². The van der Waals surface area contributed by atoms with Gasteiger partial charge in [0, 0.05) is 13.1 Å². The van der Waals surface area contributed by atoms with Crippen LogP contribution in [0.5, 0.6) is 0 Å². The van der Waals surface area contributed by atoms with Gasteiger partial charge in [-0.1, -0.05) is 24.3 Å². The number of halogens is 2. The Kier molecular flexibility index (Phi) is 5.59. The summed E-state index contributed by atoms with van der Waals surface area (Å²) in [4.78, 5) is 38.8. The molecule has 4 amide bonds. The molecule has 0 saturated carbocycles. The van der Waals surface area contributed by atoms with Crippen LogP contribution in [0.4, 0.5) is 13.6 Å². The average Bonchev–Trinajstić information content (AvgIpc) is 2.61. The van der Waals surface area contributed by atoms with Crippen LogP contribution in [-0.2, 0) is 22.4 Å². The molecule has 0 bridgehead atoms. The molecule has 1 fully saturated rings. The standard InChI is InChI=1S/C20H18F2N2O3/c21-16-5-1-3-14(11-16)7-9-23-18(25)13-19(26)24(20(23)27)10-8-15-4-2-6-17(22)12-15/h1-6,11-12H,7-10,13H2. The van der Waals surface area contributed by atoms with Crippen LogP contribution in [0.25, 0.3) is 0 Å². The van der Waals surface area contributed by atoms with Crippen LogP contribution in [0, 0.1) is 11.6 Å². The third-order valence-corrected chi connectivity index (χ3v) is 4.39. The molecule has 2 aromatic carbocycles. The van der Waals surface area contributed by atoms with E-state index in [4.69, 9.17) is 0 Å². The Morgan fingerprint density at radius 3 is 1.59 bits per heavy atom. The van der Waals surface area contributed by atoms with Gasteiger partial charge in [-0.2, -0.15) is 0 Å². The van der Waals surface area contributed by atoms with Crippen LogP contribution >= 0.6 is 0 Å². The molecule has 3 rings (SSSR count). The fourth-order valence-corrected chi connectivity index (χ4v) is 2.99. The summed E-state index contributed by atoms with van der Waals surface area (Å²) in [6.45, 7) is 0.121. The van der Waals surface area contributed by atoms with Gasteiger partial charge in [-0.15, -0.1) is 0 Å². The SMILES string of the molecule is O=C1CC(=O)N(CCc2cccc(F)c2)C(=O)N1CCc1cccc(F)c1. The Morgan fingerprint density at radius 1 is 0.741 bits per heavy atom. The number of imide groups is 2. The van der Waals surface area contributed by atoms with Crippen molar-refractivity contribution in [2.45, 2.75) is 19.3 Å². The summed E-state index contributed by atoms with van der Waals surface area (Å²) in [7, 11) is 0. The molecule has 0 aliphatic carbocycles. The molecule has 0 N–H and O–H groups in total. The third kappa shape index (κ3) is 4.55. The van der Waals surface area contributed by atoms with Gasteiger partial charge in [0.1, 0.15) is 18.1 Å². The molecule has 1 aliphatic rings. The van der Waals surface area contributed by atoms with Crippen LogP contribution in [0.2, 0.25) is 0 Å². The lowest BCUT2D eigenvalue weighted by Crippen LogP contribution is -2.55. The number of carbonyl (C=O) groups is 3. The molecule has 5 nitrogen and oxygen atoms in total. The molecule has 0 atom stereocenters. The Bertz CT molecular complexity index is 816. The zero-order valence-corrected chi connectivity index (χ0v) is 14.5. The predicted molar refractivity (Wildman–Crippen MR) is 93.6 cm³/mol. The first-order valence-electron chi connectivity index (χ1n) is 8.57. The maximum absolute atomic E-state index is 13.3. The van der Waals surface area contributed by atoms with Crippen molar-refractivity contribution in [2.75, 3.05) is 13.1 Å². The number of benzene rings is 2. The Labute approximate surface area is 155 Å². The highest BCUT2D eigenvalue weighted by molar-refractivity contribution is 6.14. The van der Waals surface area contributed by atoms with E-state index in [2.05, 4.69) is 0 Å². The van der Waals surface area contributed by atoms with Crippen LogP contribution in [-0.4, -0.2) is 40.7 Å². The van der Waals surface area contributed by atoms with E-state index in [1.54, 1.807) is 24.3 Å². The van der Waals surface area contributed by atoms with E-state index in [1.807, 2.05) is 0 Å². The lowest BCUT2D eigenvalue weighted by Gasteiger charge is -2.32. The molecule has 0 spiro atoms. The van der Waals surface area contributed by atoms with Crippen molar-refractivity contribution in [3.05, 3.63) is 71.3 Å². The molecular formula is C20H18F2N2O3. The maximum atomic E-state index is 13.3. The summed E-state index contributed by atoms with van der Waals surface area (Å²) >= 11 is 0. The second-order valence-electron chi connectivity index (χ2n) is 6.31. The minimum Gasteiger partial charge on any atom is -0.274 e. The van der Waals surface area contributed by atoms with Crippen molar-refractivity contribution in [2.24, 2.45) is 0 Å². The fraction of sp³-hybridized carbons (Fsp3) is 0.250. The highest BCUT2D eigenvalue weighted by Gasteiger charge is 2.37. The van der Waals surface area contributed by atoms with Gasteiger partial charge >= 0.3 is 6.03 Å². The van der Waals surface area contributed by atoms with Crippen LogP contribution in [0.1, 0.15) is 17.5 Å². The fourth-order valence-electron chi connectivity index (χ4n) is 2.99. The number of rotatable bonds is 6. The minimum absolute atomic E-state index is 0.0604. The van der Waals surface area contributed by atoms with Crippen LogP contribution in [0.15, 0.2) is 48.5 Å². The molecule has 1 saturated heterocycles. The average molecular weight is 372 g/mol. The quantitative estimate of drug-likeness (QED) is 0.733.